The minimum atomic E-state index is -0.558. The minimum absolute atomic E-state index is 0.0527. The summed E-state index contributed by atoms with van der Waals surface area (Å²) >= 11 is 1.57. The zero-order valence-electron chi connectivity index (χ0n) is 22.7. The second kappa shape index (κ2) is 12.2. The predicted molar refractivity (Wildman–Crippen MR) is 157 cm³/mol. The fourth-order valence-electron chi connectivity index (χ4n) is 5.22. The summed E-state index contributed by atoms with van der Waals surface area (Å²) in [5.74, 6) is 2.77. The Hall–Kier alpha value is -3.39. The topological polar surface area (TPSA) is 68.2 Å². The van der Waals surface area contributed by atoms with Gasteiger partial charge in [0.1, 0.15) is 30.0 Å². The Bertz CT molecular complexity index is 1410. The molecule has 1 aromatic heterocycles. The number of benzene rings is 3. The molecule has 1 aliphatic heterocycles. The first kappa shape index (κ1) is 27.2. The number of likely N-dealkylation sites (tertiary alicyclic amines) is 1. The first-order chi connectivity index (χ1) is 18.9. The standard InChI is InChI=1S/C32H35NO5S/c1-21-5-4-16-33(18-21)19-24(34)20-38-26-12-6-22(7-13-26)31(35)30-28-15-14-27(37-3)17-29(28)39-32(30)23-8-10-25(36-2)11-9-23/h6-15,17,21,24,34H,4-5,16,18-20H2,1-3H3. The summed E-state index contributed by atoms with van der Waals surface area (Å²) < 4.78 is 17.6. The van der Waals surface area contributed by atoms with Gasteiger partial charge >= 0.3 is 0 Å². The van der Waals surface area contributed by atoms with Crippen molar-refractivity contribution in [2.75, 3.05) is 40.5 Å². The highest BCUT2D eigenvalue weighted by Gasteiger charge is 2.23. The van der Waals surface area contributed by atoms with Crippen molar-refractivity contribution < 1.29 is 24.1 Å². The molecular weight excluding hydrogens is 510 g/mol. The van der Waals surface area contributed by atoms with Gasteiger partial charge in [-0.2, -0.15) is 0 Å². The van der Waals surface area contributed by atoms with Gasteiger partial charge < -0.3 is 24.2 Å². The lowest BCUT2D eigenvalue weighted by Crippen LogP contribution is -2.41. The number of piperidine rings is 1. The average Bonchev–Trinajstić information content (AvgIpc) is 3.34. The molecule has 0 saturated carbocycles. The van der Waals surface area contributed by atoms with E-state index >= 15 is 0 Å². The van der Waals surface area contributed by atoms with Crippen LogP contribution in [0.4, 0.5) is 0 Å². The fraction of sp³-hybridized carbons (Fsp3) is 0.344. The molecule has 4 aromatic rings. The number of thiophene rings is 1. The highest BCUT2D eigenvalue weighted by molar-refractivity contribution is 7.22. The first-order valence-electron chi connectivity index (χ1n) is 13.4. The monoisotopic (exact) mass is 545 g/mol. The van der Waals surface area contributed by atoms with E-state index in [1.807, 2.05) is 42.5 Å². The molecule has 0 bridgehead atoms. The van der Waals surface area contributed by atoms with Crippen LogP contribution in [0.25, 0.3) is 20.5 Å². The molecule has 1 saturated heterocycles. The van der Waals surface area contributed by atoms with E-state index in [9.17, 15) is 9.90 Å². The summed E-state index contributed by atoms with van der Waals surface area (Å²) in [5.41, 5.74) is 2.20. The Kier molecular flexibility index (Phi) is 8.50. The van der Waals surface area contributed by atoms with Gasteiger partial charge in [0.25, 0.3) is 0 Å². The van der Waals surface area contributed by atoms with Crippen molar-refractivity contribution in [1.29, 1.82) is 0 Å². The third-order valence-corrected chi connectivity index (χ3v) is 8.45. The van der Waals surface area contributed by atoms with E-state index in [0.717, 1.165) is 45.1 Å². The average molecular weight is 546 g/mol. The second-order valence-electron chi connectivity index (χ2n) is 10.2. The SMILES string of the molecule is COc1ccc(-c2sc3cc(OC)ccc3c2C(=O)c2ccc(OCC(O)CN3CCCC(C)C3)cc2)cc1. The van der Waals surface area contributed by atoms with Crippen LogP contribution in [0.15, 0.2) is 66.7 Å². The van der Waals surface area contributed by atoms with Gasteiger partial charge in [-0.15, -0.1) is 11.3 Å². The van der Waals surface area contributed by atoms with Gasteiger partial charge in [0.05, 0.1) is 14.2 Å². The molecule has 2 heterocycles. The van der Waals surface area contributed by atoms with Crippen LogP contribution in [0, 0.1) is 5.92 Å². The highest BCUT2D eigenvalue weighted by atomic mass is 32.1. The number of rotatable bonds is 10. The number of fused-ring (bicyclic) bond motifs is 1. The van der Waals surface area contributed by atoms with Crippen LogP contribution in [0.5, 0.6) is 17.2 Å². The van der Waals surface area contributed by atoms with Gasteiger partial charge in [0.2, 0.25) is 0 Å². The Labute approximate surface area is 233 Å². The molecular formula is C32H35NO5S. The van der Waals surface area contributed by atoms with Gasteiger partial charge in [0.15, 0.2) is 5.78 Å². The lowest BCUT2D eigenvalue weighted by Gasteiger charge is -2.32. The van der Waals surface area contributed by atoms with Gasteiger partial charge in [-0.25, -0.2) is 0 Å². The molecule has 0 radical (unpaired) electrons. The second-order valence-corrected chi connectivity index (χ2v) is 11.3. The van der Waals surface area contributed by atoms with Crippen molar-refractivity contribution in [3.63, 3.8) is 0 Å². The Morgan fingerprint density at radius 2 is 1.69 bits per heavy atom. The van der Waals surface area contributed by atoms with Crippen LogP contribution < -0.4 is 14.2 Å². The Balaban J connectivity index is 1.34. The summed E-state index contributed by atoms with van der Waals surface area (Å²) in [6.45, 7) is 5.15. The summed E-state index contributed by atoms with van der Waals surface area (Å²) in [4.78, 5) is 17.1. The molecule has 0 spiro atoms. The largest absolute Gasteiger partial charge is 0.497 e. The molecule has 0 amide bonds. The molecule has 1 aliphatic rings. The van der Waals surface area contributed by atoms with Crippen molar-refractivity contribution in [2.45, 2.75) is 25.9 Å². The number of hydrogen-bond acceptors (Lipinski definition) is 7. The highest BCUT2D eigenvalue weighted by Crippen LogP contribution is 2.41. The van der Waals surface area contributed by atoms with E-state index in [1.54, 1.807) is 49.8 Å². The summed E-state index contributed by atoms with van der Waals surface area (Å²) in [6.07, 6.45) is 1.88. The molecule has 2 unspecified atom stereocenters. The van der Waals surface area contributed by atoms with Crippen LogP contribution in [0.3, 0.4) is 0 Å². The maximum atomic E-state index is 13.9. The number of ketones is 1. The third kappa shape index (κ3) is 6.27. The van der Waals surface area contributed by atoms with Crippen LogP contribution in [-0.2, 0) is 0 Å². The summed E-state index contributed by atoms with van der Waals surface area (Å²) in [5, 5.41) is 11.4. The number of carbonyl (C=O) groups excluding carboxylic acids is 1. The molecule has 5 rings (SSSR count). The predicted octanol–water partition coefficient (Wildman–Crippen LogP) is 6.29. The van der Waals surface area contributed by atoms with Crippen molar-refractivity contribution in [2.24, 2.45) is 5.92 Å². The number of ether oxygens (including phenoxy) is 3. The van der Waals surface area contributed by atoms with E-state index in [1.165, 1.54) is 12.8 Å². The van der Waals surface area contributed by atoms with E-state index in [2.05, 4.69) is 11.8 Å². The minimum Gasteiger partial charge on any atom is -0.497 e. The van der Waals surface area contributed by atoms with Gasteiger partial charge in [-0.05, 0) is 97.6 Å². The number of carbonyl (C=O) groups is 1. The van der Waals surface area contributed by atoms with E-state index in [4.69, 9.17) is 14.2 Å². The molecule has 7 heteroatoms. The molecule has 1 N–H and O–H groups in total. The number of β-amino-alcohol motifs (C(OH)–C–C–N with tert-alkyl or cyclic N) is 1. The maximum Gasteiger partial charge on any atom is 0.195 e. The van der Waals surface area contributed by atoms with E-state index in [-0.39, 0.29) is 12.4 Å². The summed E-state index contributed by atoms with van der Waals surface area (Å²) in [7, 11) is 3.28. The molecule has 0 aliphatic carbocycles. The van der Waals surface area contributed by atoms with Crippen molar-refractivity contribution in [1.82, 2.24) is 4.90 Å². The molecule has 1 fully saturated rings. The van der Waals surface area contributed by atoms with Crippen LogP contribution >= 0.6 is 11.3 Å². The van der Waals surface area contributed by atoms with Gasteiger partial charge in [0, 0.05) is 39.2 Å². The lowest BCUT2D eigenvalue weighted by molar-refractivity contribution is 0.0537. The number of nitrogens with zero attached hydrogens (tertiary/aromatic N) is 1. The Morgan fingerprint density at radius 3 is 2.38 bits per heavy atom. The molecule has 2 atom stereocenters. The smallest absolute Gasteiger partial charge is 0.195 e. The zero-order chi connectivity index (χ0) is 27.4. The number of aliphatic hydroxyl groups excluding tert-OH is 1. The molecule has 204 valence electrons. The van der Waals surface area contributed by atoms with Crippen LogP contribution in [0.2, 0.25) is 0 Å². The van der Waals surface area contributed by atoms with Gasteiger partial charge in [-0.1, -0.05) is 6.92 Å². The number of hydrogen-bond donors (Lipinski definition) is 1. The first-order valence-corrected chi connectivity index (χ1v) is 14.2. The third-order valence-electron chi connectivity index (χ3n) is 7.25. The maximum absolute atomic E-state index is 13.9. The number of methoxy groups -OCH3 is 2. The Morgan fingerprint density at radius 1 is 1.00 bits per heavy atom. The van der Waals surface area contributed by atoms with Crippen molar-refractivity contribution >= 4 is 27.2 Å². The summed E-state index contributed by atoms with van der Waals surface area (Å²) in [6, 6.07) is 20.8. The van der Waals surface area contributed by atoms with E-state index < -0.39 is 6.10 Å². The lowest BCUT2D eigenvalue weighted by atomic mass is 9.97. The van der Waals surface area contributed by atoms with E-state index in [0.29, 0.717) is 29.3 Å². The quantitative estimate of drug-likeness (QED) is 0.236. The van der Waals surface area contributed by atoms with Crippen molar-refractivity contribution in [3.8, 4) is 27.7 Å². The molecule has 6 nitrogen and oxygen atoms in total. The number of aliphatic hydroxyl groups is 1. The fourth-order valence-corrected chi connectivity index (χ4v) is 6.45. The van der Waals surface area contributed by atoms with Gasteiger partial charge in [-0.3, -0.25) is 4.79 Å². The van der Waals surface area contributed by atoms with Crippen molar-refractivity contribution in [3.05, 3.63) is 77.9 Å². The zero-order valence-corrected chi connectivity index (χ0v) is 23.5. The van der Waals surface area contributed by atoms with Crippen LogP contribution in [-0.4, -0.2) is 62.4 Å². The normalized spacial score (nSPS) is 16.7. The molecule has 39 heavy (non-hydrogen) atoms. The molecule has 3 aromatic carbocycles. The van der Waals surface area contributed by atoms with Crippen LogP contribution in [0.1, 0.15) is 35.7 Å².